The number of unbranched alkanes of at least 4 members (excludes halogenated alkanes) is 19. The largest absolute Gasteiger partial charge is 0.477 e. The number of allylic oxidation sites excluding steroid dienone is 6. The Morgan fingerprint density at radius 3 is 1.54 bits per heavy atom. The normalized spacial score (nSPS) is 13.3. The zero-order chi connectivity index (χ0) is 40.0. The van der Waals surface area contributed by atoms with Crippen LogP contribution < -0.4 is 0 Å². The zero-order valence-corrected chi connectivity index (χ0v) is 35.7. The second kappa shape index (κ2) is 37.5. The number of carboxylic acid groups (broad SMARTS) is 1. The van der Waals surface area contributed by atoms with Crippen LogP contribution in [0.1, 0.15) is 187 Å². The summed E-state index contributed by atoms with van der Waals surface area (Å²) < 4.78 is 17.2. The minimum atomic E-state index is -0.881. The number of ether oxygens (including phenoxy) is 3. The lowest BCUT2D eigenvalue weighted by Gasteiger charge is -2.31. The van der Waals surface area contributed by atoms with Crippen LogP contribution in [0.4, 0.5) is 0 Å². The fraction of sp³-hybridized carbons (Fsp3) is 0.804. The smallest absolute Gasteiger partial charge is 0.362 e. The Morgan fingerprint density at radius 2 is 1.04 bits per heavy atom. The maximum Gasteiger partial charge on any atom is 0.362 e. The zero-order valence-electron chi connectivity index (χ0n) is 35.7. The van der Waals surface area contributed by atoms with Gasteiger partial charge in [-0.1, -0.05) is 159 Å². The van der Waals surface area contributed by atoms with Crippen LogP contribution in [-0.4, -0.2) is 80.6 Å². The van der Waals surface area contributed by atoms with Gasteiger partial charge in [0.05, 0.1) is 34.4 Å². The fourth-order valence-electron chi connectivity index (χ4n) is 6.40. The van der Waals surface area contributed by atoms with Crippen LogP contribution in [0.15, 0.2) is 36.5 Å². The van der Waals surface area contributed by atoms with E-state index in [-0.39, 0.29) is 42.7 Å². The van der Waals surface area contributed by atoms with Crippen molar-refractivity contribution in [3.63, 3.8) is 0 Å². The first-order valence-electron chi connectivity index (χ1n) is 22.0. The van der Waals surface area contributed by atoms with E-state index in [1.165, 1.54) is 96.3 Å². The van der Waals surface area contributed by atoms with Crippen molar-refractivity contribution < 1.29 is 38.2 Å². The summed E-state index contributed by atoms with van der Waals surface area (Å²) in [5, 5.41) is 9.60. The van der Waals surface area contributed by atoms with Crippen molar-refractivity contribution in [3.8, 4) is 0 Å². The van der Waals surface area contributed by atoms with Gasteiger partial charge in [0, 0.05) is 19.3 Å². The van der Waals surface area contributed by atoms with Gasteiger partial charge in [0.2, 0.25) is 0 Å². The second-order valence-electron chi connectivity index (χ2n) is 15.9. The predicted molar refractivity (Wildman–Crippen MR) is 225 cm³/mol. The molecule has 0 saturated heterocycles. The Kier molecular flexibility index (Phi) is 35.8. The van der Waals surface area contributed by atoms with Crippen molar-refractivity contribution in [2.75, 3.05) is 41.0 Å². The number of hydrogen-bond acceptors (Lipinski definition) is 6. The van der Waals surface area contributed by atoms with Crippen molar-refractivity contribution >= 4 is 17.9 Å². The fourth-order valence-corrected chi connectivity index (χ4v) is 6.40. The number of esters is 2. The third kappa shape index (κ3) is 35.3. The lowest BCUT2D eigenvalue weighted by Crippen LogP contribution is -2.50. The van der Waals surface area contributed by atoms with Crippen LogP contribution in [0.5, 0.6) is 0 Å². The Balaban J connectivity index is 4.31. The number of carbonyl (C=O) groups excluding carboxylic acids is 2. The standard InChI is InChI=1S/C46H83NO7/c1-6-8-10-12-14-16-18-20-21-22-23-24-25-27-28-30-32-34-36-44(48)53-41-42(40-52-39-38-43(46(50)51)47(3,4)5)54-45(49)37-35-33-31-29-26-19-17-15-13-11-9-7-2/h9,11,15,17,26,29,42-43H,6-8,10,12-14,16,18-25,27-28,30-41H2,1-5H3/p+1/b11-9+,17-15+,29-26+. The first-order chi connectivity index (χ1) is 26.1. The number of nitrogens with zero attached hydrogens (tertiary/aromatic N) is 1. The molecule has 0 aromatic carbocycles. The highest BCUT2D eigenvalue weighted by atomic mass is 16.6. The van der Waals surface area contributed by atoms with Crippen molar-refractivity contribution in [2.24, 2.45) is 0 Å². The van der Waals surface area contributed by atoms with Gasteiger partial charge in [-0.2, -0.15) is 0 Å². The van der Waals surface area contributed by atoms with E-state index in [4.69, 9.17) is 14.2 Å². The van der Waals surface area contributed by atoms with Gasteiger partial charge in [0.15, 0.2) is 12.1 Å². The van der Waals surface area contributed by atoms with Crippen LogP contribution in [-0.2, 0) is 28.6 Å². The minimum Gasteiger partial charge on any atom is -0.477 e. The molecule has 1 N–H and O–H groups in total. The van der Waals surface area contributed by atoms with Crippen molar-refractivity contribution in [1.29, 1.82) is 0 Å². The van der Waals surface area contributed by atoms with Crippen molar-refractivity contribution in [2.45, 2.75) is 199 Å². The molecule has 0 radical (unpaired) electrons. The number of hydrogen-bond donors (Lipinski definition) is 1. The summed E-state index contributed by atoms with van der Waals surface area (Å²) in [5.74, 6) is -1.51. The van der Waals surface area contributed by atoms with Gasteiger partial charge in [-0.15, -0.1) is 0 Å². The summed E-state index contributed by atoms with van der Waals surface area (Å²) in [6.07, 6.45) is 42.0. The number of rotatable bonds is 39. The molecule has 0 aromatic heterocycles. The number of carbonyl (C=O) groups is 3. The highest BCUT2D eigenvalue weighted by Gasteiger charge is 2.31. The highest BCUT2D eigenvalue weighted by Crippen LogP contribution is 2.15. The van der Waals surface area contributed by atoms with Crippen LogP contribution in [0.3, 0.4) is 0 Å². The molecule has 0 amide bonds. The quantitative estimate of drug-likeness (QED) is 0.0288. The molecule has 0 bridgehead atoms. The number of aliphatic carboxylic acids is 1. The molecule has 2 unspecified atom stereocenters. The van der Waals surface area contributed by atoms with Gasteiger partial charge in [0.25, 0.3) is 0 Å². The molecule has 0 saturated carbocycles. The third-order valence-corrected chi connectivity index (χ3v) is 9.80. The summed E-state index contributed by atoms with van der Waals surface area (Å²) in [4.78, 5) is 36.9. The van der Waals surface area contributed by atoms with E-state index in [9.17, 15) is 19.5 Å². The molecule has 0 aromatic rings. The van der Waals surface area contributed by atoms with Crippen LogP contribution in [0, 0.1) is 0 Å². The average Bonchev–Trinajstić information content (AvgIpc) is 3.12. The molecule has 0 rings (SSSR count). The molecule has 0 aliphatic carbocycles. The van der Waals surface area contributed by atoms with Crippen molar-refractivity contribution in [3.05, 3.63) is 36.5 Å². The lowest BCUT2D eigenvalue weighted by molar-refractivity contribution is -0.887. The van der Waals surface area contributed by atoms with E-state index in [0.717, 1.165) is 51.4 Å². The van der Waals surface area contributed by atoms with Crippen LogP contribution >= 0.6 is 0 Å². The third-order valence-electron chi connectivity index (χ3n) is 9.80. The molecule has 54 heavy (non-hydrogen) atoms. The summed E-state index contributed by atoms with van der Waals surface area (Å²) in [7, 11) is 5.51. The molecule has 0 aliphatic rings. The summed E-state index contributed by atoms with van der Waals surface area (Å²) in [6, 6.07) is -0.619. The average molecular weight is 763 g/mol. The van der Waals surface area contributed by atoms with E-state index < -0.39 is 18.1 Å². The van der Waals surface area contributed by atoms with Crippen LogP contribution in [0.25, 0.3) is 0 Å². The van der Waals surface area contributed by atoms with Gasteiger partial charge in [-0.3, -0.25) is 9.59 Å². The highest BCUT2D eigenvalue weighted by molar-refractivity contribution is 5.72. The molecular weight excluding hydrogens is 679 g/mol. The Hall–Kier alpha value is -2.45. The lowest BCUT2D eigenvalue weighted by atomic mass is 10.0. The van der Waals surface area contributed by atoms with Gasteiger partial charge < -0.3 is 23.8 Å². The van der Waals surface area contributed by atoms with Gasteiger partial charge in [0.1, 0.15) is 6.61 Å². The minimum absolute atomic E-state index is 0.0478. The van der Waals surface area contributed by atoms with Gasteiger partial charge in [-0.05, 0) is 44.9 Å². The molecule has 0 aliphatic heterocycles. The van der Waals surface area contributed by atoms with E-state index >= 15 is 0 Å². The second-order valence-corrected chi connectivity index (χ2v) is 15.9. The molecule has 0 heterocycles. The number of likely N-dealkylation sites (N-methyl/N-ethyl adjacent to an activating group) is 1. The molecular formula is C46H84NO7+. The first kappa shape index (κ1) is 51.5. The monoisotopic (exact) mass is 763 g/mol. The van der Waals surface area contributed by atoms with E-state index in [2.05, 4.69) is 50.3 Å². The molecule has 8 heteroatoms. The first-order valence-corrected chi connectivity index (χ1v) is 22.0. The topological polar surface area (TPSA) is 99.1 Å². The number of quaternary nitrogens is 1. The number of carboxylic acids is 1. The summed E-state index contributed by atoms with van der Waals surface area (Å²) >= 11 is 0. The van der Waals surface area contributed by atoms with Gasteiger partial charge in [-0.25, -0.2) is 4.79 Å². The molecule has 0 fully saturated rings. The Morgan fingerprint density at radius 1 is 0.574 bits per heavy atom. The Bertz CT molecular complexity index is 984. The predicted octanol–water partition coefficient (Wildman–Crippen LogP) is 11.9. The van der Waals surface area contributed by atoms with E-state index in [1.807, 2.05) is 21.1 Å². The molecule has 8 nitrogen and oxygen atoms in total. The summed E-state index contributed by atoms with van der Waals surface area (Å²) in [6.45, 7) is 4.59. The summed E-state index contributed by atoms with van der Waals surface area (Å²) in [5.41, 5.74) is 0. The van der Waals surface area contributed by atoms with Crippen molar-refractivity contribution in [1.82, 2.24) is 0 Å². The molecule has 0 spiro atoms. The SMILES string of the molecule is CC/C=C/C/C=C/C/C=C/CCCCC(=O)OC(COCCC(C(=O)O)[N+](C)(C)C)COC(=O)CCCCCCCCCCCCCCCCCCCC. The molecule has 2 atom stereocenters. The maximum absolute atomic E-state index is 12.7. The Labute approximate surface area is 332 Å². The van der Waals surface area contributed by atoms with Crippen LogP contribution in [0.2, 0.25) is 0 Å². The molecule has 314 valence electrons. The van der Waals surface area contributed by atoms with E-state index in [0.29, 0.717) is 19.3 Å². The maximum atomic E-state index is 12.7. The van der Waals surface area contributed by atoms with Gasteiger partial charge >= 0.3 is 17.9 Å². The van der Waals surface area contributed by atoms with E-state index in [1.54, 1.807) is 0 Å².